The Morgan fingerprint density at radius 2 is 1.54 bits per heavy atom. The summed E-state index contributed by atoms with van der Waals surface area (Å²) >= 11 is -2.51. The Bertz CT molecular complexity index is 875. The molecule has 3 heteroatoms. The molecule has 0 N–H and O–H groups in total. The molecule has 1 nitrogen and oxygen atoms in total. The van der Waals surface area contributed by atoms with E-state index in [1.54, 1.807) is 0 Å². The second-order valence-corrected chi connectivity index (χ2v) is 23.7. The van der Waals surface area contributed by atoms with E-state index in [4.69, 9.17) is 3.10 Å². The number of rotatable bonds is 5. The van der Waals surface area contributed by atoms with E-state index in [0.717, 1.165) is 0 Å². The Hall–Kier alpha value is -0.774. The number of hydrogen-bond donors (Lipinski definition) is 0. The SMILES string of the molecule is CC(C)C[Te]1(CC(C)C)O[C@@H](c2ccc3ccccc3c2)[C@H]1C#C[Si](C)(C)C. The molecule has 0 radical (unpaired) electrons. The molecule has 2 aromatic rings. The van der Waals surface area contributed by atoms with E-state index in [1.807, 2.05) is 0 Å². The van der Waals surface area contributed by atoms with Crippen LogP contribution in [0.5, 0.6) is 0 Å². The molecule has 1 aliphatic rings. The molecule has 1 aliphatic heterocycles. The summed E-state index contributed by atoms with van der Waals surface area (Å²) < 4.78 is 9.98. The molecule has 0 saturated carbocycles. The van der Waals surface area contributed by atoms with Gasteiger partial charge in [-0.3, -0.25) is 0 Å². The van der Waals surface area contributed by atoms with Gasteiger partial charge >= 0.3 is 178 Å². The van der Waals surface area contributed by atoms with Gasteiger partial charge in [-0.25, -0.2) is 0 Å². The van der Waals surface area contributed by atoms with Crippen molar-refractivity contribution in [1.29, 1.82) is 0 Å². The van der Waals surface area contributed by atoms with E-state index in [2.05, 4.69) is 101 Å². The third-order valence-corrected chi connectivity index (χ3v) is 18.2. The number of benzene rings is 2. The van der Waals surface area contributed by atoms with Crippen molar-refractivity contribution < 1.29 is 3.10 Å². The second-order valence-electron chi connectivity index (χ2n) is 10.1. The van der Waals surface area contributed by atoms with Gasteiger partial charge in [0.2, 0.25) is 0 Å². The molecule has 152 valence electrons. The summed E-state index contributed by atoms with van der Waals surface area (Å²) in [5.74, 6) is 5.21. The Labute approximate surface area is 177 Å². The summed E-state index contributed by atoms with van der Waals surface area (Å²) in [5.41, 5.74) is 5.04. The third-order valence-electron chi connectivity index (χ3n) is 4.96. The van der Waals surface area contributed by atoms with Crippen LogP contribution in [0.15, 0.2) is 42.5 Å². The molecule has 0 aliphatic carbocycles. The van der Waals surface area contributed by atoms with Crippen LogP contribution in [0.3, 0.4) is 0 Å². The van der Waals surface area contributed by atoms with Gasteiger partial charge in [0.25, 0.3) is 0 Å². The van der Waals surface area contributed by atoms with E-state index >= 15 is 0 Å². The maximum atomic E-state index is 6.96. The molecular formula is C25H36OSiTe. The molecule has 0 bridgehead atoms. The van der Waals surface area contributed by atoms with Crippen LogP contribution in [0.1, 0.15) is 39.4 Å². The Morgan fingerprint density at radius 3 is 2.11 bits per heavy atom. The number of hydrogen-bond acceptors (Lipinski definition) is 1. The van der Waals surface area contributed by atoms with Gasteiger partial charge in [0.05, 0.1) is 0 Å². The summed E-state index contributed by atoms with van der Waals surface area (Å²) in [5, 5.41) is 2.60. The van der Waals surface area contributed by atoms with Crippen LogP contribution >= 0.6 is 0 Å². The quantitative estimate of drug-likeness (QED) is 0.302. The van der Waals surface area contributed by atoms with Crippen LogP contribution in [0.25, 0.3) is 10.8 Å². The van der Waals surface area contributed by atoms with Gasteiger partial charge in [-0.15, -0.1) is 0 Å². The van der Waals surface area contributed by atoms with Crippen LogP contribution < -0.4 is 0 Å². The van der Waals surface area contributed by atoms with E-state index < -0.39 is 26.7 Å². The fraction of sp³-hybridized carbons (Fsp3) is 0.520. The molecule has 28 heavy (non-hydrogen) atoms. The first-order valence-corrected chi connectivity index (χ1v) is 19.7. The Balaban J connectivity index is 2.00. The molecule has 2 atom stereocenters. The minimum atomic E-state index is -2.51. The first-order chi connectivity index (χ1) is 13.1. The van der Waals surface area contributed by atoms with E-state index in [-0.39, 0.29) is 6.10 Å². The molecule has 0 unspecified atom stereocenters. The van der Waals surface area contributed by atoms with Crippen molar-refractivity contribution in [3.05, 3.63) is 48.0 Å². The van der Waals surface area contributed by atoms with Gasteiger partial charge in [0, 0.05) is 0 Å². The fourth-order valence-electron chi connectivity index (χ4n) is 4.06. The van der Waals surface area contributed by atoms with Crippen molar-refractivity contribution in [2.75, 3.05) is 0 Å². The summed E-state index contributed by atoms with van der Waals surface area (Å²) in [7, 11) is -1.41. The summed E-state index contributed by atoms with van der Waals surface area (Å²) in [6.45, 7) is 16.5. The molecule has 1 saturated heterocycles. The van der Waals surface area contributed by atoms with E-state index in [9.17, 15) is 0 Å². The van der Waals surface area contributed by atoms with Crippen LogP contribution in [-0.2, 0) is 3.10 Å². The van der Waals surface area contributed by atoms with Gasteiger partial charge < -0.3 is 0 Å². The fourth-order valence-corrected chi connectivity index (χ4v) is 17.8. The van der Waals surface area contributed by atoms with Gasteiger partial charge in [-0.2, -0.15) is 0 Å². The van der Waals surface area contributed by atoms with Crippen LogP contribution in [0.2, 0.25) is 32.5 Å². The molecule has 0 amide bonds. The standard InChI is InChI=1S/C25H36OSiTe/c1-19(2)17-28(18-20(3)4)24(14-15-27(5,6)7)25(26-28)23-13-12-21-10-8-9-11-22(21)16-23/h8-13,16,19-20,24-25H,17-18H2,1-7H3/t24-,25+/m1/s1. The Kier molecular flexibility index (Phi) is 6.68. The average molecular weight is 508 g/mol. The summed E-state index contributed by atoms with van der Waals surface area (Å²) in [4.78, 5) is 0. The van der Waals surface area contributed by atoms with Crippen molar-refractivity contribution in [3.8, 4) is 11.5 Å². The van der Waals surface area contributed by atoms with Crippen molar-refractivity contribution in [2.45, 2.75) is 66.3 Å². The zero-order valence-corrected chi connectivity index (χ0v) is 21.9. The topological polar surface area (TPSA) is 9.23 Å². The van der Waals surface area contributed by atoms with Crippen molar-refractivity contribution >= 4 is 37.4 Å². The first-order valence-electron chi connectivity index (χ1n) is 10.6. The maximum absolute atomic E-state index is 6.96. The molecule has 1 fully saturated rings. The summed E-state index contributed by atoms with van der Waals surface area (Å²) in [6, 6.07) is 15.5. The van der Waals surface area contributed by atoms with Crippen molar-refractivity contribution in [3.63, 3.8) is 0 Å². The Morgan fingerprint density at radius 1 is 0.929 bits per heavy atom. The molecule has 1 heterocycles. The van der Waals surface area contributed by atoms with Gasteiger partial charge in [-0.05, 0) is 0 Å². The van der Waals surface area contributed by atoms with Crippen molar-refractivity contribution in [2.24, 2.45) is 11.8 Å². The van der Waals surface area contributed by atoms with Crippen LogP contribution in [0.4, 0.5) is 0 Å². The zero-order valence-electron chi connectivity index (χ0n) is 18.6. The third kappa shape index (κ3) is 5.04. The normalized spacial score (nSPS) is 22.6. The van der Waals surface area contributed by atoms with E-state index in [1.165, 1.54) is 25.3 Å². The molecule has 0 aromatic heterocycles. The predicted molar refractivity (Wildman–Crippen MR) is 128 cm³/mol. The number of fused-ring (bicyclic) bond motifs is 1. The summed E-state index contributed by atoms with van der Waals surface area (Å²) in [6.07, 6.45) is 0.173. The van der Waals surface area contributed by atoms with Gasteiger partial charge in [0.1, 0.15) is 0 Å². The molecular weight excluding hydrogens is 472 g/mol. The average Bonchev–Trinajstić information content (AvgIpc) is 2.57. The van der Waals surface area contributed by atoms with Crippen LogP contribution in [-0.4, -0.2) is 26.7 Å². The van der Waals surface area contributed by atoms with E-state index in [0.29, 0.717) is 15.8 Å². The molecule has 0 spiro atoms. The van der Waals surface area contributed by atoms with Gasteiger partial charge in [0.15, 0.2) is 0 Å². The molecule has 2 aromatic carbocycles. The van der Waals surface area contributed by atoms with Crippen molar-refractivity contribution in [1.82, 2.24) is 0 Å². The first kappa shape index (κ1) is 21.9. The van der Waals surface area contributed by atoms with Crippen LogP contribution in [0, 0.1) is 23.3 Å². The second kappa shape index (κ2) is 8.53. The predicted octanol–water partition coefficient (Wildman–Crippen LogP) is 7.42. The minimum absolute atomic E-state index is 0.173. The van der Waals surface area contributed by atoms with Gasteiger partial charge in [-0.1, -0.05) is 0 Å². The molecule has 3 rings (SSSR count). The monoisotopic (exact) mass is 510 g/mol. The zero-order chi connectivity index (χ0) is 20.5.